The smallest absolute Gasteiger partial charge is 0.266 e. The van der Waals surface area contributed by atoms with Crippen LogP contribution in [0.1, 0.15) is 46.6 Å². The van der Waals surface area contributed by atoms with Crippen LogP contribution in [0.3, 0.4) is 0 Å². The summed E-state index contributed by atoms with van der Waals surface area (Å²) in [6.07, 6.45) is 5.86. The van der Waals surface area contributed by atoms with E-state index in [-0.39, 0.29) is 11.9 Å². The number of fused-ring (bicyclic) bond motifs is 1. The lowest BCUT2D eigenvalue weighted by atomic mass is 9.89. The molecule has 1 amide bonds. The molecule has 1 aliphatic rings. The van der Waals surface area contributed by atoms with Gasteiger partial charge < -0.3 is 15.0 Å². The van der Waals surface area contributed by atoms with Crippen LogP contribution in [0.2, 0.25) is 5.02 Å². The van der Waals surface area contributed by atoms with Crippen LogP contribution in [0.4, 0.5) is 0 Å². The molecule has 4 aromatic rings. The van der Waals surface area contributed by atoms with Crippen LogP contribution in [0.15, 0.2) is 60.8 Å². The molecular formula is C30H32ClN3O2S. The Morgan fingerprint density at radius 2 is 1.86 bits per heavy atom. The average molecular weight is 534 g/mol. The number of pyridine rings is 1. The summed E-state index contributed by atoms with van der Waals surface area (Å²) in [5.74, 6) is 0.761. The topological polar surface area (TPSA) is 54.5 Å². The summed E-state index contributed by atoms with van der Waals surface area (Å²) in [6, 6.07) is 18.8. The van der Waals surface area contributed by atoms with Gasteiger partial charge in [0, 0.05) is 51.7 Å². The van der Waals surface area contributed by atoms with Crippen LogP contribution in [-0.4, -0.2) is 42.0 Å². The Morgan fingerprint density at radius 1 is 1.11 bits per heavy atom. The summed E-state index contributed by atoms with van der Waals surface area (Å²) in [7, 11) is 3.69. The van der Waals surface area contributed by atoms with Crippen molar-refractivity contribution < 1.29 is 9.53 Å². The standard InChI is InChI=1S/C30H32ClN3O2S/c1-19-8-9-21(17-33-19)20-10-15-26(36-3)22(16-20)18-34(24-13-11-23(32-2)12-14-24)30(35)29-28(31)25-6-4-5-7-27(25)37-29/h4-10,15-17,23-24,32H,11-14,18H2,1-3H3/t23-,24-. The summed E-state index contributed by atoms with van der Waals surface area (Å²) in [6.45, 7) is 2.43. The number of ether oxygens (including phenoxy) is 1. The Balaban J connectivity index is 1.52. The van der Waals surface area contributed by atoms with E-state index >= 15 is 0 Å². The molecule has 0 aliphatic heterocycles. The summed E-state index contributed by atoms with van der Waals surface area (Å²) in [5, 5.41) is 4.88. The highest BCUT2D eigenvalue weighted by atomic mass is 35.5. The minimum atomic E-state index is -0.0106. The molecule has 1 N–H and O–H groups in total. The van der Waals surface area contributed by atoms with Gasteiger partial charge >= 0.3 is 0 Å². The van der Waals surface area contributed by atoms with Crippen molar-refractivity contribution in [2.24, 2.45) is 0 Å². The number of aromatic nitrogens is 1. The molecule has 0 bridgehead atoms. The predicted octanol–water partition coefficient (Wildman–Crippen LogP) is 7.11. The van der Waals surface area contributed by atoms with Crippen molar-refractivity contribution in [3.63, 3.8) is 0 Å². The minimum Gasteiger partial charge on any atom is -0.496 e. The Kier molecular flexibility index (Phi) is 7.79. The van der Waals surface area contributed by atoms with Gasteiger partial charge in [-0.1, -0.05) is 41.9 Å². The van der Waals surface area contributed by atoms with E-state index in [0.717, 1.165) is 63.9 Å². The van der Waals surface area contributed by atoms with E-state index in [1.807, 2.05) is 67.5 Å². The first-order valence-electron chi connectivity index (χ1n) is 12.7. The molecule has 5 rings (SSSR count). The van der Waals surface area contributed by atoms with Gasteiger partial charge in [0.2, 0.25) is 0 Å². The van der Waals surface area contributed by atoms with Crippen molar-refractivity contribution in [2.45, 2.75) is 51.2 Å². The number of hydrogen-bond donors (Lipinski definition) is 1. The number of benzene rings is 2. The van der Waals surface area contributed by atoms with Gasteiger partial charge in [0.15, 0.2) is 0 Å². The molecule has 5 nitrogen and oxygen atoms in total. The third-order valence-corrected chi connectivity index (χ3v) is 9.06. The van der Waals surface area contributed by atoms with Crippen molar-refractivity contribution >= 4 is 38.9 Å². The molecule has 2 heterocycles. The van der Waals surface area contributed by atoms with Crippen LogP contribution in [-0.2, 0) is 6.54 Å². The summed E-state index contributed by atoms with van der Waals surface area (Å²) in [5.41, 5.74) is 4.04. The maximum Gasteiger partial charge on any atom is 0.266 e. The number of aryl methyl sites for hydroxylation is 1. The molecule has 0 unspecified atom stereocenters. The highest BCUT2D eigenvalue weighted by molar-refractivity contribution is 7.21. The Morgan fingerprint density at radius 3 is 2.54 bits per heavy atom. The zero-order chi connectivity index (χ0) is 25.9. The molecule has 2 aromatic carbocycles. The highest BCUT2D eigenvalue weighted by Crippen LogP contribution is 2.38. The Bertz CT molecular complexity index is 1390. The number of halogens is 1. The van der Waals surface area contributed by atoms with Crippen molar-refractivity contribution in [3.8, 4) is 16.9 Å². The van der Waals surface area contributed by atoms with Crippen LogP contribution >= 0.6 is 22.9 Å². The molecule has 1 saturated carbocycles. The number of nitrogens with zero attached hydrogens (tertiary/aromatic N) is 2. The van der Waals surface area contributed by atoms with Gasteiger partial charge in [0.25, 0.3) is 5.91 Å². The van der Waals surface area contributed by atoms with Crippen molar-refractivity contribution in [3.05, 3.63) is 82.0 Å². The second kappa shape index (κ2) is 11.2. The lowest BCUT2D eigenvalue weighted by molar-refractivity contribution is 0.0604. The van der Waals surface area contributed by atoms with Gasteiger partial charge in [-0.25, -0.2) is 0 Å². The SMILES string of the molecule is CN[C@H]1CC[C@H](N(Cc2cc(-c3ccc(C)nc3)ccc2OC)C(=O)c2sc3ccccc3c2Cl)CC1. The quantitative estimate of drug-likeness (QED) is 0.275. The first-order chi connectivity index (χ1) is 18.0. The monoisotopic (exact) mass is 533 g/mol. The zero-order valence-corrected chi connectivity index (χ0v) is 23.0. The fourth-order valence-electron chi connectivity index (χ4n) is 5.23. The molecule has 192 valence electrons. The first kappa shape index (κ1) is 25.7. The second-order valence-electron chi connectivity index (χ2n) is 9.68. The Hall–Kier alpha value is -2.93. The van der Waals surface area contributed by atoms with Crippen LogP contribution in [0, 0.1) is 6.92 Å². The normalized spacial score (nSPS) is 17.6. The molecule has 7 heteroatoms. The largest absolute Gasteiger partial charge is 0.496 e. The lowest BCUT2D eigenvalue weighted by Crippen LogP contribution is -2.44. The number of rotatable bonds is 7. The maximum absolute atomic E-state index is 14.2. The van der Waals surface area contributed by atoms with Crippen LogP contribution in [0.5, 0.6) is 5.75 Å². The third-order valence-electron chi connectivity index (χ3n) is 7.40. The van der Waals surface area contributed by atoms with Gasteiger partial charge in [-0.2, -0.15) is 0 Å². The van der Waals surface area contributed by atoms with E-state index in [2.05, 4.69) is 22.4 Å². The molecule has 0 spiro atoms. The fraction of sp³-hybridized carbons (Fsp3) is 0.333. The van der Waals surface area contributed by atoms with E-state index in [1.54, 1.807) is 7.11 Å². The predicted molar refractivity (Wildman–Crippen MR) is 153 cm³/mol. The highest BCUT2D eigenvalue weighted by Gasteiger charge is 2.32. The minimum absolute atomic E-state index is 0.0106. The maximum atomic E-state index is 14.2. The number of hydrogen-bond acceptors (Lipinski definition) is 5. The molecule has 37 heavy (non-hydrogen) atoms. The van der Waals surface area contributed by atoms with E-state index in [9.17, 15) is 4.79 Å². The first-order valence-corrected chi connectivity index (χ1v) is 13.9. The van der Waals surface area contributed by atoms with Crippen molar-refractivity contribution in [2.75, 3.05) is 14.2 Å². The van der Waals surface area contributed by atoms with Gasteiger partial charge in [-0.15, -0.1) is 11.3 Å². The van der Waals surface area contributed by atoms with Gasteiger partial charge in [-0.05, 0) is 69.5 Å². The number of methoxy groups -OCH3 is 1. The van der Waals surface area contributed by atoms with Gasteiger partial charge in [-0.3, -0.25) is 9.78 Å². The number of carbonyl (C=O) groups is 1. The number of amides is 1. The van der Waals surface area contributed by atoms with Crippen LogP contribution < -0.4 is 10.1 Å². The van der Waals surface area contributed by atoms with Gasteiger partial charge in [0.1, 0.15) is 10.6 Å². The fourth-order valence-corrected chi connectivity index (χ4v) is 6.70. The Labute approximate surface area is 227 Å². The average Bonchev–Trinajstić information content (AvgIpc) is 3.28. The van der Waals surface area contributed by atoms with Gasteiger partial charge in [0.05, 0.1) is 12.1 Å². The van der Waals surface area contributed by atoms with E-state index in [4.69, 9.17) is 16.3 Å². The summed E-state index contributed by atoms with van der Waals surface area (Å²) in [4.78, 5) is 21.3. The summed E-state index contributed by atoms with van der Waals surface area (Å²) >= 11 is 8.26. The summed E-state index contributed by atoms with van der Waals surface area (Å²) < 4.78 is 6.78. The van der Waals surface area contributed by atoms with E-state index in [0.29, 0.717) is 22.5 Å². The molecule has 0 radical (unpaired) electrons. The molecule has 1 aliphatic carbocycles. The molecular weight excluding hydrogens is 502 g/mol. The van der Waals surface area contributed by atoms with E-state index in [1.165, 1.54) is 11.3 Å². The number of thiophene rings is 1. The van der Waals surface area contributed by atoms with Crippen LogP contribution in [0.25, 0.3) is 21.2 Å². The molecule has 0 saturated heterocycles. The number of carbonyl (C=O) groups excluding carboxylic acids is 1. The number of nitrogens with one attached hydrogen (secondary N) is 1. The van der Waals surface area contributed by atoms with Crippen molar-refractivity contribution in [1.82, 2.24) is 15.2 Å². The zero-order valence-electron chi connectivity index (χ0n) is 21.5. The lowest BCUT2D eigenvalue weighted by Gasteiger charge is -2.37. The van der Waals surface area contributed by atoms with E-state index < -0.39 is 0 Å². The van der Waals surface area contributed by atoms with Crippen molar-refractivity contribution in [1.29, 1.82) is 0 Å². The third kappa shape index (κ3) is 5.37. The molecule has 2 aromatic heterocycles. The second-order valence-corrected chi connectivity index (χ2v) is 11.1. The molecule has 1 fully saturated rings. The molecule has 0 atom stereocenters.